The third kappa shape index (κ3) is 6.21. The van der Waals surface area contributed by atoms with E-state index >= 15 is 0 Å². The Morgan fingerprint density at radius 3 is 1.98 bits per heavy atom. The maximum Gasteiger partial charge on any atom is 0.310 e. The summed E-state index contributed by atoms with van der Waals surface area (Å²) in [6, 6.07) is 0. The first-order valence-corrected chi connectivity index (χ1v) is 21.0. The largest absolute Gasteiger partial charge is 0.481 e. The summed E-state index contributed by atoms with van der Waals surface area (Å²) >= 11 is 0. The van der Waals surface area contributed by atoms with Gasteiger partial charge in [-0.1, -0.05) is 53.2 Å². The van der Waals surface area contributed by atoms with Crippen molar-refractivity contribution in [3.05, 3.63) is 11.6 Å². The molecule has 0 bridgehead atoms. The summed E-state index contributed by atoms with van der Waals surface area (Å²) in [5.74, 6) is -0.394. The number of aliphatic carboxylic acids is 1. The molecule has 5 aliphatic carbocycles. The molecule has 56 heavy (non-hydrogen) atoms. The predicted molar refractivity (Wildman–Crippen MR) is 199 cm³/mol. The van der Waals surface area contributed by atoms with Gasteiger partial charge in [0.1, 0.15) is 48.8 Å². The first-order valence-electron chi connectivity index (χ1n) is 21.0. The van der Waals surface area contributed by atoms with Crippen molar-refractivity contribution >= 4 is 5.97 Å². The summed E-state index contributed by atoms with van der Waals surface area (Å²) in [5, 5.41) is 95.5. The molecular formula is C42H68O14. The molecule has 2 saturated heterocycles. The van der Waals surface area contributed by atoms with E-state index in [0.717, 1.165) is 44.9 Å². The summed E-state index contributed by atoms with van der Waals surface area (Å²) in [5.41, 5.74) is -0.607. The highest BCUT2D eigenvalue weighted by molar-refractivity contribution is 5.76. The maximum atomic E-state index is 13.1. The van der Waals surface area contributed by atoms with Gasteiger partial charge in [0.2, 0.25) is 0 Å². The van der Waals surface area contributed by atoms with Crippen molar-refractivity contribution in [1.82, 2.24) is 0 Å². The fraction of sp³-hybridized carbons (Fsp3) is 0.929. The molecule has 0 amide bonds. The number of aliphatic hydroxyl groups is 8. The monoisotopic (exact) mass is 796 g/mol. The Labute approximate surface area is 330 Å². The zero-order valence-corrected chi connectivity index (χ0v) is 33.9. The van der Waals surface area contributed by atoms with Crippen LogP contribution in [0.3, 0.4) is 0 Å². The lowest BCUT2D eigenvalue weighted by atomic mass is 9.33. The van der Waals surface area contributed by atoms with Crippen molar-refractivity contribution in [2.24, 2.45) is 50.2 Å². The quantitative estimate of drug-likeness (QED) is 0.126. The fourth-order valence-electron chi connectivity index (χ4n) is 13.7. The number of aliphatic hydroxyl groups excluding tert-OH is 8. The van der Waals surface area contributed by atoms with Gasteiger partial charge in [-0.15, -0.1) is 0 Å². The summed E-state index contributed by atoms with van der Waals surface area (Å²) in [4.78, 5) is 13.1. The second-order valence-electron chi connectivity index (χ2n) is 20.5. The highest BCUT2D eigenvalue weighted by Crippen LogP contribution is 2.76. The molecule has 2 heterocycles. The lowest BCUT2D eigenvalue weighted by Gasteiger charge is -2.71. The summed E-state index contributed by atoms with van der Waals surface area (Å²) < 4.78 is 24.3. The van der Waals surface area contributed by atoms with E-state index in [1.54, 1.807) is 0 Å². The number of fused-ring (bicyclic) bond motifs is 7. The van der Waals surface area contributed by atoms with Gasteiger partial charge >= 0.3 is 5.97 Å². The molecule has 4 saturated carbocycles. The summed E-state index contributed by atoms with van der Waals surface area (Å²) in [6.45, 7) is 12.2. The van der Waals surface area contributed by atoms with Crippen molar-refractivity contribution in [2.45, 2.75) is 173 Å². The summed E-state index contributed by atoms with van der Waals surface area (Å²) in [6.07, 6.45) is -6.00. The van der Waals surface area contributed by atoms with Gasteiger partial charge in [0.15, 0.2) is 12.6 Å². The van der Waals surface area contributed by atoms with Gasteiger partial charge in [-0.2, -0.15) is 0 Å². The number of rotatable bonds is 8. The van der Waals surface area contributed by atoms with Gasteiger partial charge in [0.05, 0.1) is 31.3 Å². The van der Waals surface area contributed by atoms with Gasteiger partial charge in [0.25, 0.3) is 0 Å². The topological polar surface area (TPSA) is 236 Å². The second kappa shape index (κ2) is 14.7. The lowest BCUT2D eigenvalue weighted by Crippen LogP contribution is -2.67. The molecule has 0 aromatic rings. The van der Waals surface area contributed by atoms with E-state index in [1.807, 2.05) is 6.92 Å². The molecule has 19 atom stereocenters. The second-order valence-corrected chi connectivity index (χ2v) is 20.5. The third-order valence-corrected chi connectivity index (χ3v) is 17.4. The zero-order valence-electron chi connectivity index (χ0n) is 33.9. The van der Waals surface area contributed by atoms with Crippen LogP contribution in [0.4, 0.5) is 0 Å². The van der Waals surface area contributed by atoms with Gasteiger partial charge in [-0.05, 0) is 104 Å². The zero-order chi connectivity index (χ0) is 41.0. The van der Waals surface area contributed by atoms with Crippen LogP contribution in [0.25, 0.3) is 0 Å². The molecule has 0 spiro atoms. The van der Waals surface area contributed by atoms with E-state index in [0.29, 0.717) is 19.3 Å². The highest BCUT2D eigenvalue weighted by atomic mass is 16.8. The number of hydrogen-bond donors (Lipinski definition) is 9. The fourth-order valence-corrected chi connectivity index (χ4v) is 13.7. The Balaban J connectivity index is 1.17. The molecule has 7 aliphatic rings. The number of carbonyl (C=O) groups is 1. The van der Waals surface area contributed by atoms with Crippen molar-refractivity contribution in [2.75, 3.05) is 19.8 Å². The Kier molecular flexibility index (Phi) is 11.3. The SMILES string of the molecule is CC1(C)CC[C@]2(C(=O)O)CC[C@]3(C)C(=CC[C@H]4[C@@]5(C)CC[C@H](O[C@@H]6O[C@H](CO)[C@@H](O)[C@H](O)[C@H]6O[C@@H]6O[C@H](CO)[C@@H](O)[C@H](O)[C@H]6O)[C@@](C)(CO)[C@H]5CC[C@]43C)[C@@H]2C1. The standard InChI is InChI=1S/C42H68O14/c1-37(2)13-15-42(36(51)52)16-14-40(5)21(22(42)17-37)7-8-26-38(3)11-10-27(39(4,20-45)25(38)9-12-41(26,40)6)55-35-33(31(49)29(47)24(19-44)54-35)56-34-32(50)30(48)28(46)23(18-43)53-34/h7,22-35,43-50H,8-20H2,1-6H3,(H,51,52)/t22-,23+,24+,25-,26-,27-,28+,29+,30-,31-,32+,33+,34-,35-,38-,39-,40+,41+,42-/m0/s1. The molecule has 0 aromatic heterocycles. The minimum absolute atomic E-state index is 0.00269. The van der Waals surface area contributed by atoms with Crippen LogP contribution in [0, 0.1) is 50.2 Å². The smallest absolute Gasteiger partial charge is 0.310 e. The van der Waals surface area contributed by atoms with Crippen molar-refractivity contribution in [3.8, 4) is 0 Å². The molecule has 0 aromatic carbocycles. The van der Waals surface area contributed by atoms with Crippen molar-refractivity contribution in [1.29, 1.82) is 0 Å². The molecule has 0 radical (unpaired) electrons. The third-order valence-electron chi connectivity index (χ3n) is 17.4. The van der Waals surface area contributed by atoms with Crippen molar-refractivity contribution < 1.29 is 69.7 Å². The maximum absolute atomic E-state index is 13.1. The molecule has 14 nitrogen and oxygen atoms in total. The van der Waals surface area contributed by atoms with E-state index in [9.17, 15) is 50.8 Å². The van der Waals surface area contributed by atoms with Crippen LogP contribution in [-0.2, 0) is 23.7 Å². The Bertz CT molecular complexity index is 1500. The first-order chi connectivity index (χ1) is 26.2. The van der Waals surface area contributed by atoms with Gasteiger partial charge in [0, 0.05) is 5.41 Å². The molecule has 14 heteroatoms. The van der Waals surface area contributed by atoms with Crippen LogP contribution < -0.4 is 0 Å². The molecule has 2 aliphatic heterocycles. The highest BCUT2D eigenvalue weighted by Gasteiger charge is 2.70. The Morgan fingerprint density at radius 1 is 0.732 bits per heavy atom. The Hall–Kier alpha value is -1.27. The molecule has 0 unspecified atom stereocenters. The number of ether oxygens (including phenoxy) is 4. The van der Waals surface area contributed by atoms with Crippen molar-refractivity contribution in [3.63, 3.8) is 0 Å². The predicted octanol–water partition coefficient (Wildman–Crippen LogP) is 1.85. The minimum Gasteiger partial charge on any atom is -0.481 e. The molecule has 320 valence electrons. The van der Waals surface area contributed by atoms with Gasteiger partial charge < -0.3 is 64.9 Å². The molecule has 9 N–H and O–H groups in total. The Morgan fingerprint density at radius 2 is 1.36 bits per heavy atom. The lowest BCUT2D eigenvalue weighted by molar-refractivity contribution is -0.379. The van der Waals surface area contributed by atoms with Crippen LogP contribution in [0.2, 0.25) is 0 Å². The van der Waals surface area contributed by atoms with E-state index < -0.39 is 97.5 Å². The van der Waals surface area contributed by atoms with Crippen LogP contribution in [-0.4, -0.2) is 139 Å². The first kappa shape index (κ1) is 42.8. The molecule has 7 rings (SSSR count). The number of carboxylic acids is 1. The normalized spacial score (nSPS) is 54.1. The van der Waals surface area contributed by atoms with Crippen LogP contribution in [0.5, 0.6) is 0 Å². The average Bonchev–Trinajstić information content (AvgIpc) is 3.15. The molecular weight excluding hydrogens is 728 g/mol. The molecule has 6 fully saturated rings. The van der Waals surface area contributed by atoms with E-state index in [4.69, 9.17) is 18.9 Å². The number of allylic oxidation sites excluding steroid dienone is 2. The van der Waals surface area contributed by atoms with Gasteiger partial charge in [-0.25, -0.2) is 0 Å². The van der Waals surface area contributed by atoms with E-state index in [1.165, 1.54) is 5.57 Å². The number of hydrogen-bond acceptors (Lipinski definition) is 13. The summed E-state index contributed by atoms with van der Waals surface area (Å²) in [7, 11) is 0. The average molecular weight is 797 g/mol. The minimum atomic E-state index is -1.79. The van der Waals surface area contributed by atoms with Gasteiger partial charge in [-0.3, -0.25) is 4.79 Å². The van der Waals surface area contributed by atoms with Crippen LogP contribution >= 0.6 is 0 Å². The number of carboxylic acid groups (broad SMARTS) is 1. The van der Waals surface area contributed by atoms with E-state index in [-0.39, 0.29) is 46.0 Å². The van der Waals surface area contributed by atoms with Crippen LogP contribution in [0.15, 0.2) is 11.6 Å². The van der Waals surface area contributed by atoms with Crippen LogP contribution in [0.1, 0.15) is 106 Å². The van der Waals surface area contributed by atoms with E-state index in [2.05, 4.69) is 40.7 Å².